The normalized spacial score (nSPS) is 18.0. The van der Waals surface area contributed by atoms with Gasteiger partial charge in [0.1, 0.15) is 0 Å². The van der Waals surface area contributed by atoms with Gasteiger partial charge in [-0.3, -0.25) is 14.5 Å². The predicted molar refractivity (Wildman–Crippen MR) is 91.0 cm³/mol. The Morgan fingerprint density at radius 1 is 1.41 bits per heavy atom. The van der Waals surface area contributed by atoms with Crippen LogP contribution in [0.25, 0.3) is 11.3 Å². The molecule has 1 fully saturated rings. The molecule has 7 heteroatoms. The first-order chi connectivity index (χ1) is 10.5. The second-order valence-electron chi connectivity index (χ2n) is 5.08. The fourth-order valence-corrected chi connectivity index (χ4v) is 4.13. The molecule has 1 aromatic carbocycles. The lowest BCUT2D eigenvalue weighted by Gasteiger charge is -2.12. The number of aromatic nitrogens is 1. The Bertz CT molecular complexity index is 712. The molecule has 0 radical (unpaired) electrons. The van der Waals surface area contributed by atoms with Crippen LogP contribution in [0.1, 0.15) is 13.3 Å². The lowest BCUT2D eigenvalue weighted by atomic mass is 10.1. The molecule has 5 nitrogen and oxygen atoms in total. The van der Waals surface area contributed by atoms with Crippen molar-refractivity contribution in [1.29, 1.82) is 0 Å². The minimum atomic E-state index is 0.0221. The van der Waals surface area contributed by atoms with E-state index in [-0.39, 0.29) is 16.3 Å². The highest BCUT2D eigenvalue weighted by molar-refractivity contribution is 8.14. The van der Waals surface area contributed by atoms with Crippen LogP contribution in [-0.2, 0) is 9.59 Å². The Kier molecular flexibility index (Phi) is 4.17. The molecule has 0 spiro atoms. The van der Waals surface area contributed by atoms with Crippen molar-refractivity contribution in [3.63, 3.8) is 0 Å². The maximum atomic E-state index is 12.1. The second kappa shape index (κ2) is 6.10. The van der Waals surface area contributed by atoms with Crippen LogP contribution in [0, 0.1) is 0 Å². The number of thioether (sulfide) groups is 1. The fourth-order valence-electron chi connectivity index (χ4n) is 2.35. The number of rotatable bonds is 3. The monoisotopic (exact) mass is 333 g/mol. The van der Waals surface area contributed by atoms with Crippen LogP contribution in [0.2, 0.25) is 0 Å². The molecule has 1 aliphatic rings. The zero-order valence-electron chi connectivity index (χ0n) is 12.0. The van der Waals surface area contributed by atoms with Gasteiger partial charge >= 0.3 is 0 Å². The quantitative estimate of drug-likeness (QED) is 0.874. The van der Waals surface area contributed by atoms with Crippen molar-refractivity contribution in [1.82, 2.24) is 4.98 Å². The van der Waals surface area contributed by atoms with Crippen molar-refractivity contribution in [2.24, 2.45) is 0 Å². The van der Waals surface area contributed by atoms with Gasteiger partial charge in [0.25, 0.3) is 0 Å². The fraction of sp³-hybridized carbons (Fsp3) is 0.267. The Labute approximate surface area is 136 Å². The molecule has 1 amide bonds. The van der Waals surface area contributed by atoms with E-state index in [0.29, 0.717) is 23.8 Å². The Morgan fingerprint density at radius 2 is 2.14 bits per heavy atom. The van der Waals surface area contributed by atoms with Crippen molar-refractivity contribution in [3.8, 4) is 11.3 Å². The average molecular weight is 333 g/mol. The summed E-state index contributed by atoms with van der Waals surface area (Å²) in [5.41, 5.74) is 8.19. The summed E-state index contributed by atoms with van der Waals surface area (Å²) in [6.07, 6.45) is 0.390. The van der Waals surface area contributed by atoms with Crippen LogP contribution < -0.4 is 10.6 Å². The van der Waals surface area contributed by atoms with Gasteiger partial charge in [-0.25, -0.2) is 4.98 Å². The molecule has 0 bridgehead atoms. The first kappa shape index (κ1) is 15.1. The van der Waals surface area contributed by atoms with Gasteiger partial charge in [-0.15, -0.1) is 11.3 Å². The SMILES string of the molecule is CC(=O)SC1CC(=O)N(c2nc(-c3ccc(N)cc3)cs2)C1. The van der Waals surface area contributed by atoms with Crippen LogP contribution in [0.4, 0.5) is 10.8 Å². The van der Waals surface area contributed by atoms with Crippen molar-refractivity contribution < 1.29 is 9.59 Å². The standard InChI is InChI=1S/C15H15N3O2S2/c1-9(19)22-12-6-14(20)18(7-12)15-17-13(8-21-15)10-2-4-11(16)5-3-10/h2-5,8,12H,6-7,16H2,1H3. The van der Waals surface area contributed by atoms with E-state index in [9.17, 15) is 9.59 Å². The zero-order valence-corrected chi connectivity index (χ0v) is 13.6. The largest absolute Gasteiger partial charge is 0.399 e. The number of anilines is 2. The van der Waals surface area contributed by atoms with Crippen LogP contribution in [-0.4, -0.2) is 27.8 Å². The second-order valence-corrected chi connectivity index (χ2v) is 7.39. The lowest BCUT2D eigenvalue weighted by Crippen LogP contribution is -2.24. The highest BCUT2D eigenvalue weighted by Gasteiger charge is 2.33. The minimum Gasteiger partial charge on any atom is -0.399 e. The molecule has 1 aliphatic heterocycles. The third kappa shape index (κ3) is 3.15. The van der Waals surface area contributed by atoms with Gasteiger partial charge in [-0.05, 0) is 12.1 Å². The van der Waals surface area contributed by atoms with Gasteiger partial charge in [0.2, 0.25) is 5.91 Å². The van der Waals surface area contributed by atoms with Crippen molar-refractivity contribution in [2.45, 2.75) is 18.6 Å². The number of nitrogens with two attached hydrogens (primary N) is 1. The molecular weight excluding hydrogens is 318 g/mol. The number of carbonyl (C=O) groups excluding carboxylic acids is 2. The van der Waals surface area contributed by atoms with E-state index in [1.165, 1.54) is 30.0 Å². The number of hydrogen-bond acceptors (Lipinski definition) is 6. The molecule has 0 saturated carbocycles. The summed E-state index contributed by atoms with van der Waals surface area (Å²) in [6.45, 7) is 2.07. The van der Waals surface area contributed by atoms with Gasteiger partial charge in [0.15, 0.2) is 10.2 Å². The van der Waals surface area contributed by atoms with Gasteiger partial charge in [0.05, 0.1) is 5.69 Å². The Balaban J connectivity index is 1.77. The first-order valence-corrected chi connectivity index (χ1v) is 8.58. The van der Waals surface area contributed by atoms with Crippen molar-refractivity contribution in [3.05, 3.63) is 29.6 Å². The molecule has 3 rings (SSSR count). The highest BCUT2D eigenvalue weighted by atomic mass is 32.2. The third-order valence-electron chi connectivity index (χ3n) is 3.35. The summed E-state index contributed by atoms with van der Waals surface area (Å²) >= 11 is 2.67. The number of amides is 1. The molecule has 0 aliphatic carbocycles. The van der Waals surface area contributed by atoms with Crippen LogP contribution >= 0.6 is 23.1 Å². The summed E-state index contributed by atoms with van der Waals surface area (Å²) in [5, 5.41) is 2.68. The minimum absolute atomic E-state index is 0.0221. The molecule has 2 heterocycles. The van der Waals surface area contributed by atoms with E-state index < -0.39 is 0 Å². The smallest absolute Gasteiger partial charge is 0.230 e. The first-order valence-electron chi connectivity index (χ1n) is 6.82. The molecule has 1 atom stereocenters. The molecule has 2 aromatic rings. The topological polar surface area (TPSA) is 76.3 Å². The van der Waals surface area contributed by atoms with Crippen LogP contribution in [0.5, 0.6) is 0 Å². The molecule has 1 saturated heterocycles. The molecule has 22 heavy (non-hydrogen) atoms. The van der Waals surface area contributed by atoms with Crippen LogP contribution in [0.3, 0.4) is 0 Å². The Hall–Kier alpha value is -1.86. The highest BCUT2D eigenvalue weighted by Crippen LogP contribution is 2.33. The number of nitrogen functional groups attached to an aromatic ring is 1. The van der Waals surface area contributed by atoms with E-state index in [1.54, 1.807) is 4.90 Å². The summed E-state index contributed by atoms with van der Waals surface area (Å²) in [6, 6.07) is 7.48. The maximum absolute atomic E-state index is 12.1. The third-order valence-corrected chi connectivity index (χ3v) is 5.20. The van der Waals surface area contributed by atoms with Crippen molar-refractivity contribution >= 4 is 44.9 Å². The van der Waals surface area contributed by atoms with Gasteiger partial charge in [-0.2, -0.15) is 0 Å². The van der Waals surface area contributed by atoms with E-state index in [4.69, 9.17) is 5.73 Å². The molecule has 114 valence electrons. The number of hydrogen-bond donors (Lipinski definition) is 1. The van der Waals surface area contributed by atoms with E-state index in [0.717, 1.165) is 11.3 Å². The molecule has 2 N–H and O–H groups in total. The summed E-state index contributed by atoms with van der Waals surface area (Å²) in [5.74, 6) is 0.0250. The summed E-state index contributed by atoms with van der Waals surface area (Å²) in [4.78, 5) is 29.5. The average Bonchev–Trinajstić information content (AvgIpc) is 3.06. The maximum Gasteiger partial charge on any atom is 0.230 e. The van der Waals surface area contributed by atoms with E-state index in [2.05, 4.69) is 4.98 Å². The summed E-state index contributed by atoms with van der Waals surface area (Å²) in [7, 11) is 0. The van der Waals surface area contributed by atoms with E-state index >= 15 is 0 Å². The summed E-state index contributed by atoms with van der Waals surface area (Å²) < 4.78 is 0. The number of thiazole rings is 1. The molecule has 1 aromatic heterocycles. The Morgan fingerprint density at radius 3 is 2.82 bits per heavy atom. The van der Waals surface area contributed by atoms with Crippen molar-refractivity contribution in [2.75, 3.05) is 17.2 Å². The molecular formula is C15H15N3O2S2. The zero-order chi connectivity index (χ0) is 15.7. The van der Waals surface area contributed by atoms with Crippen LogP contribution in [0.15, 0.2) is 29.6 Å². The van der Waals surface area contributed by atoms with Gasteiger partial charge < -0.3 is 5.73 Å². The lowest BCUT2D eigenvalue weighted by molar-refractivity contribution is -0.117. The van der Waals surface area contributed by atoms with E-state index in [1.807, 2.05) is 29.6 Å². The number of benzene rings is 1. The van der Waals surface area contributed by atoms with Gasteiger partial charge in [0, 0.05) is 41.8 Å². The van der Waals surface area contributed by atoms with Gasteiger partial charge in [-0.1, -0.05) is 23.9 Å². The molecule has 1 unspecified atom stereocenters. The number of nitrogens with zero attached hydrogens (tertiary/aromatic N) is 2. The number of carbonyl (C=O) groups is 2. The predicted octanol–water partition coefficient (Wildman–Crippen LogP) is 2.78.